The molecule has 0 N–H and O–H groups in total. The van der Waals surface area contributed by atoms with Crippen molar-refractivity contribution in [3.8, 4) is 56.5 Å². The molecule has 0 unspecified atom stereocenters. The second kappa shape index (κ2) is 13.9. The normalized spacial score (nSPS) is 11.8. The van der Waals surface area contributed by atoms with E-state index < -0.39 is 0 Å². The number of benzene rings is 7. The van der Waals surface area contributed by atoms with Gasteiger partial charge in [-0.2, -0.15) is 0 Å². The lowest BCUT2D eigenvalue weighted by atomic mass is 10.0. The lowest BCUT2D eigenvalue weighted by Gasteiger charge is -2.13. The van der Waals surface area contributed by atoms with Gasteiger partial charge in [0.05, 0.1) is 33.5 Å². The Morgan fingerprint density at radius 3 is 1.81 bits per heavy atom. The summed E-state index contributed by atoms with van der Waals surface area (Å²) < 4.78 is 10.7. The molecule has 0 aliphatic heterocycles. The van der Waals surface area contributed by atoms with Crippen molar-refractivity contribution >= 4 is 65.6 Å². The monoisotopic (exact) mass is 806 g/mol. The van der Waals surface area contributed by atoms with Crippen molar-refractivity contribution in [3.05, 3.63) is 207 Å². The molecule has 0 aliphatic carbocycles. The number of nitrogens with zero attached hydrogens (tertiary/aromatic N) is 6. The van der Waals surface area contributed by atoms with Crippen molar-refractivity contribution in [2.24, 2.45) is 0 Å². The molecule has 0 fully saturated rings. The molecule has 7 heteroatoms. The highest BCUT2D eigenvalue weighted by Gasteiger charge is 2.19. The minimum Gasteiger partial charge on any atom is -0.456 e. The van der Waals surface area contributed by atoms with E-state index in [9.17, 15) is 0 Å². The van der Waals surface area contributed by atoms with Gasteiger partial charge in [-0.3, -0.25) is 9.55 Å². The maximum absolute atomic E-state index is 6.14. The Morgan fingerprint density at radius 2 is 1.02 bits per heavy atom. The zero-order valence-electron chi connectivity index (χ0n) is 33.7. The summed E-state index contributed by atoms with van der Waals surface area (Å²) in [5, 5.41) is 6.61. The number of aromatic nitrogens is 6. The van der Waals surface area contributed by atoms with Crippen molar-refractivity contribution in [2.45, 2.75) is 0 Å². The molecule has 0 saturated carbocycles. The van der Waals surface area contributed by atoms with E-state index in [1.807, 2.05) is 30.6 Å². The lowest BCUT2D eigenvalue weighted by molar-refractivity contribution is 0.668. The summed E-state index contributed by atoms with van der Waals surface area (Å²) in [6, 6.07) is 65.9. The topological polar surface area (TPSA) is 74.6 Å². The molecule has 7 aromatic carbocycles. The molecule has 7 nitrogen and oxygen atoms in total. The SMILES string of the molecule is c1ccc(-c2cc(-c3ccccc3)nc(-n3c4ccccc4c4cc(-c5nccc(-c6ccc7c(c6)c6ccccc6n7-c6ccc7oc8ccncc8c7c6)n5)ccc43)c2)cc1. The molecule has 13 rings (SSSR count). The molecule has 0 atom stereocenters. The van der Waals surface area contributed by atoms with Crippen molar-refractivity contribution in [1.29, 1.82) is 0 Å². The quantitative estimate of drug-likeness (QED) is 0.167. The molecule has 0 bridgehead atoms. The van der Waals surface area contributed by atoms with Crippen molar-refractivity contribution in [2.75, 3.05) is 0 Å². The summed E-state index contributed by atoms with van der Waals surface area (Å²) in [4.78, 5) is 19.7. The first-order chi connectivity index (χ1) is 31.2. The molecular formula is C56H34N6O. The molecule has 0 spiro atoms. The fourth-order valence-electron chi connectivity index (χ4n) is 9.36. The third-order valence-electron chi connectivity index (χ3n) is 12.3. The first-order valence-corrected chi connectivity index (χ1v) is 21.0. The Bertz CT molecular complexity index is 3860. The second-order valence-electron chi connectivity index (χ2n) is 15.9. The van der Waals surface area contributed by atoms with Crippen molar-refractivity contribution in [1.82, 2.24) is 29.1 Å². The molecule has 63 heavy (non-hydrogen) atoms. The Balaban J connectivity index is 0.920. The fraction of sp³-hybridized carbons (Fsp3) is 0. The number of para-hydroxylation sites is 2. The Kier molecular flexibility index (Phi) is 7.77. The summed E-state index contributed by atoms with van der Waals surface area (Å²) in [7, 11) is 0. The van der Waals surface area contributed by atoms with Gasteiger partial charge in [0.15, 0.2) is 5.82 Å². The number of furan rings is 1. The van der Waals surface area contributed by atoms with E-state index in [2.05, 4.69) is 184 Å². The predicted molar refractivity (Wildman–Crippen MR) is 255 cm³/mol. The molecule has 6 aromatic heterocycles. The second-order valence-corrected chi connectivity index (χ2v) is 15.9. The van der Waals surface area contributed by atoms with Gasteiger partial charge in [-0.15, -0.1) is 0 Å². The van der Waals surface area contributed by atoms with Crippen LogP contribution in [-0.4, -0.2) is 29.1 Å². The highest BCUT2D eigenvalue weighted by molar-refractivity contribution is 6.12. The van der Waals surface area contributed by atoms with Crippen molar-refractivity contribution < 1.29 is 4.42 Å². The van der Waals surface area contributed by atoms with Crippen LogP contribution in [0.3, 0.4) is 0 Å². The van der Waals surface area contributed by atoms with Gasteiger partial charge in [-0.1, -0.05) is 103 Å². The molecule has 294 valence electrons. The molecule has 0 aliphatic rings. The lowest BCUT2D eigenvalue weighted by Crippen LogP contribution is -2.00. The molecular weight excluding hydrogens is 773 g/mol. The van der Waals surface area contributed by atoms with Crippen LogP contribution in [0, 0.1) is 0 Å². The van der Waals surface area contributed by atoms with E-state index >= 15 is 0 Å². The van der Waals surface area contributed by atoms with E-state index in [0.717, 1.165) is 111 Å². The van der Waals surface area contributed by atoms with Crippen LogP contribution in [0.5, 0.6) is 0 Å². The molecule has 0 amide bonds. The predicted octanol–water partition coefficient (Wildman–Crippen LogP) is 14.0. The van der Waals surface area contributed by atoms with E-state index in [4.69, 9.17) is 19.4 Å². The third-order valence-corrected chi connectivity index (χ3v) is 12.3. The number of rotatable bonds is 6. The highest BCUT2D eigenvalue weighted by atomic mass is 16.3. The zero-order valence-corrected chi connectivity index (χ0v) is 33.7. The zero-order chi connectivity index (χ0) is 41.4. The number of hydrogen-bond acceptors (Lipinski definition) is 5. The van der Waals surface area contributed by atoms with Gasteiger partial charge in [-0.25, -0.2) is 15.0 Å². The van der Waals surface area contributed by atoms with E-state index in [1.165, 1.54) is 5.39 Å². The van der Waals surface area contributed by atoms with Gasteiger partial charge in [-0.05, 0) is 96.1 Å². The van der Waals surface area contributed by atoms with Crippen LogP contribution in [0.2, 0.25) is 0 Å². The number of pyridine rings is 2. The maximum atomic E-state index is 6.14. The highest BCUT2D eigenvalue weighted by Crippen LogP contribution is 2.39. The first-order valence-electron chi connectivity index (χ1n) is 21.0. The Hall–Kier alpha value is -8.68. The fourth-order valence-corrected chi connectivity index (χ4v) is 9.36. The summed E-state index contributed by atoms with van der Waals surface area (Å²) in [5.74, 6) is 1.52. The van der Waals surface area contributed by atoms with Crippen LogP contribution >= 0.6 is 0 Å². The average Bonchev–Trinajstić information content (AvgIpc) is 4.01. The summed E-state index contributed by atoms with van der Waals surface area (Å²) in [6.07, 6.45) is 5.50. The van der Waals surface area contributed by atoms with Crippen LogP contribution in [0.1, 0.15) is 0 Å². The van der Waals surface area contributed by atoms with Gasteiger partial charge in [0.1, 0.15) is 17.0 Å². The van der Waals surface area contributed by atoms with Gasteiger partial charge in [0.2, 0.25) is 0 Å². The van der Waals surface area contributed by atoms with E-state index in [-0.39, 0.29) is 0 Å². The standard InChI is InChI=1S/C56H34N6O/c1-3-11-35(12-4-1)39-31-48(36-13-5-2-6-14-36)59-55(32-39)62-50-18-10-8-16-42(50)44-30-38(20-23-52(44)62)56-58-28-25-47(60-56)37-19-22-51-43(29-37)41-15-7-9-17-49(41)61(51)40-21-24-53-45(33-40)46-34-57-27-26-54(46)63-53/h1-34H. The van der Waals surface area contributed by atoms with Crippen LogP contribution in [0.25, 0.3) is 122 Å². The average molecular weight is 807 g/mol. The molecule has 6 heterocycles. The van der Waals surface area contributed by atoms with Gasteiger partial charge >= 0.3 is 0 Å². The minimum absolute atomic E-state index is 0.666. The third kappa shape index (κ3) is 5.67. The van der Waals surface area contributed by atoms with Crippen LogP contribution in [0.15, 0.2) is 211 Å². The molecule has 0 radical (unpaired) electrons. The van der Waals surface area contributed by atoms with Crippen LogP contribution in [0.4, 0.5) is 0 Å². The summed E-state index contributed by atoms with van der Waals surface area (Å²) in [5.41, 5.74) is 14.2. The van der Waals surface area contributed by atoms with Crippen molar-refractivity contribution in [3.63, 3.8) is 0 Å². The van der Waals surface area contributed by atoms with Gasteiger partial charge < -0.3 is 8.98 Å². The Labute approximate surface area is 360 Å². The van der Waals surface area contributed by atoms with Crippen LogP contribution < -0.4 is 0 Å². The maximum Gasteiger partial charge on any atom is 0.159 e. The van der Waals surface area contributed by atoms with Crippen LogP contribution in [-0.2, 0) is 0 Å². The summed E-state index contributed by atoms with van der Waals surface area (Å²) in [6.45, 7) is 0. The van der Waals surface area contributed by atoms with E-state index in [0.29, 0.717) is 5.82 Å². The first kappa shape index (κ1) is 35.1. The largest absolute Gasteiger partial charge is 0.456 e. The number of fused-ring (bicyclic) bond motifs is 9. The smallest absolute Gasteiger partial charge is 0.159 e. The molecule has 13 aromatic rings. The molecule has 0 saturated heterocycles. The van der Waals surface area contributed by atoms with Gasteiger partial charge in [0, 0.05) is 73.3 Å². The Morgan fingerprint density at radius 1 is 0.365 bits per heavy atom. The number of hydrogen-bond donors (Lipinski definition) is 0. The van der Waals surface area contributed by atoms with Gasteiger partial charge in [0.25, 0.3) is 0 Å². The minimum atomic E-state index is 0.666. The van der Waals surface area contributed by atoms with E-state index in [1.54, 1.807) is 6.20 Å². The summed E-state index contributed by atoms with van der Waals surface area (Å²) >= 11 is 0.